The van der Waals surface area contributed by atoms with Crippen molar-refractivity contribution >= 4 is 0 Å². The average molecular weight is 295 g/mol. The van der Waals surface area contributed by atoms with Gasteiger partial charge in [-0.15, -0.1) is 0 Å². The number of benzene rings is 1. The maximum Gasteiger partial charge on any atom is 0.0912 e. The molecule has 1 aromatic rings. The van der Waals surface area contributed by atoms with Gasteiger partial charge in [0, 0.05) is 6.08 Å². The second-order valence-corrected chi connectivity index (χ2v) is 5.89. The highest BCUT2D eigenvalue weighted by molar-refractivity contribution is 5.21. The first kappa shape index (κ1) is 16.5. The second kappa shape index (κ2) is 9.23. The van der Waals surface area contributed by atoms with Crippen LogP contribution in [0.15, 0.2) is 48.6 Å². The number of rotatable bonds is 6. The van der Waals surface area contributed by atoms with Gasteiger partial charge in [0.2, 0.25) is 0 Å². The Morgan fingerprint density at radius 2 is 1.77 bits per heavy atom. The quantitative estimate of drug-likeness (QED) is 0.549. The Kier molecular flexibility index (Phi) is 6.93. The number of allylic oxidation sites excluding steroid dienone is 4. The molecule has 1 aromatic carbocycles. The highest BCUT2D eigenvalue weighted by Crippen LogP contribution is 2.27. The maximum absolute atomic E-state index is 8.43. The van der Waals surface area contributed by atoms with E-state index >= 15 is 0 Å². The number of hydrogen-bond acceptors (Lipinski definition) is 2. The monoisotopic (exact) mass is 295 g/mol. The van der Waals surface area contributed by atoms with E-state index in [4.69, 9.17) is 10.00 Å². The van der Waals surface area contributed by atoms with Crippen molar-refractivity contribution in [3.8, 4) is 6.07 Å². The normalized spacial score (nSPS) is 22.2. The van der Waals surface area contributed by atoms with E-state index in [1.807, 2.05) is 18.2 Å². The molecule has 2 rings (SSSR count). The largest absolute Gasteiger partial charge is 0.374 e. The molecular weight excluding hydrogens is 270 g/mol. The van der Waals surface area contributed by atoms with Crippen LogP contribution in [0.3, 0.4) is 0 Å². The summed E-state index contributed by atoms with van der Waals surface area (Å²) in [7, 11) is 0. The topological polar surface area (TPSA) is 33.0 Å². The number of nitriles is 1. The van der Waals surface area contributed by atoms with Crippen molar-refractivity contribution in [3.63, 3.8) is 0 Å². The van der Waals surface area contributed by atoms with Gasteiger partial charge >= 0.3 is 0 Å². The van der Waals surface area contributed by atoms with Crippen LogP contribution in [0.1, 0.15) is 43.7 Å². The van der Waals surface area contributed by atoms with Gasteiger partial charge in [-0.05, 0) is 49.1 Å². The maximum atomic E-state index is 8.43. The fraction of sp³-hybridized carbons (Fsp3) is 0.450. The molecule has 0 aliphatic heterocycles. The molecule has 0 atom stereocenters. The van der Waals surface area contributed by atoms with Gasteiger partial charge in [-0.2, -0.15) is 5.26 Å². The predicted molar refractivity (Wildman–Crippen MR) is 90.2 cm³/mol. The summed E-state index contributed by atoms with van der Waals surface area (Å²) in [6.07, 6.45) is 13.6. The van der Waals surface area contributed by atoms with E-state index in [1.54, 1.807) is 0 Å². The van der Waals surface area contributed by atoms with Crippen LogP contribution in [-0.2, 0) is 17.8 Å². The molecule has 1 saturated carbocycles. The van der Waals surface area contributed by atoms with Gasteiger partial charge in [0.05, 0.1) is 18.8 Å². The summed E-state index contributed by atoms with van der Waals surface area (Å²) < 4.78 is 6.05. The van der Waals surface area contributed by atoms with Crippen molar-refractivity contribution < 1.29 is 4.74 Å². The third kappa shape index (κ3) is 5.50. The summed E-state index contributed by atoms with van der Waals surface area (Å²) >= 11 is 0. The van der Waals surface area contributed by atoms with E-state index in [0.29, 0.717) is 12.0 Å². The number of hydrogen-bond donors (Lipinski definition) is 0. The van der Waals surface area contributed by atoms with Crippen LogP contribution in [0.2, 0.25) is 0 Å². The van der Waals surface area contributed by atoms with Gasteiger partial charge in [-0.25, -0.2) is 0 Å². The van der Waals surface area contributed by atoms with Crippen molar-refractivity contribution in [1.82, 2.24) is 0 Å². The Morgan fingerprint density at radius 3 is 2.41 bits per heavy atom. The molecule has 0 heterocycles. The summed E-state index contributed by atoms with van der Waals surface area (Å²) in [4.78, 5) is 0. The van der Waals surface area contributed by atoms with Crippen LogP contribution in [0.4, 0.5) is 0 Å². The average Bonchev–Trinajstić information content (AvgIpc) is 2.58. The van der Waals surface area contributed by atoms with Crippen LogP contribution < -0.4 is 0 Å². The van der Waals surface area contributed by atoms with E-state index in [-0.39, 0.29) is 0 Å². The molecule has 1 fully saturated rings. The summed E-state index contributed by atoms with van der Waals surface area (Å²) in [5.41, 5.74) is 2.64. The Bertz CT molecular complexity index is 528. The molecular formula is C20H25NO. The zero-order chi connectivity index (χ0) is 15.6. The fourth-order valence-electron chi connectivity index (χ4n) is 2.85. The summed E-state index contributed by atoms with van der Waals surface area (Å²) in [5.74, 6) is 0.632. The summed E-state index contributed by atoms with van der Waals surface area (Å²) in [6.45, 7) is 2.90. The smallest absolute Gasteiger partial charge is 0.0912 e. The lowest BCUT2D eigenvalue weighted by molar-refractivity contribution is 0.0110. The molecule has 1 aliphatic rings. The van der Waals surface area contributed by atoms with E-state index < -0.39 is 0 Å². The van der Waals surface area contributed by atoms with Crippen molar-refractivity contribution in [2.24, 2.45) is 5.92 Å². The van der Waals surface area contributed by atoms with Crippen LogP contribution in [-0.4, -0.2) is 6.10 Å². The minimum absolute atomic E-state index is 0.394. The molecule has 0 radical (unpaired) electrons. The number of nitrogens with zero attached hydrogens (tertiary/aromatic N) is 1. The lowest BCUT2D eigenvalue weighted by Crippen LogP contribution is -2.20. The van der Waals surface area contributed by atoms with E-state index in [9.17, 15) is 0 Å². The lowest BCUT2D eigenvalue weighted by Gasteiger charge is -2.26. The van der Waals surface area contributed by atoms with Crippen LogP contribution in [0, 0.1) is 17.2 Å². The summed E-state index contributed by atoms with van der Waals surface area (Å²) in [5, 5.41) is 8.43. The van der Waals surface area contributed by atoms with Gasteiger partial charge in [-0.3, -0.25) is 0 Å². The SMILES string of the molecule is CCc1ccc(CO[C@H]2CC[C@H](/C=C/C=C/C#N)CC2)cc1. The molecule has 1 aliphatic carbocycles. The molecule has 0 spiro atoms. The molecule has 2 nitrogen and oxygen atoms in total. The number of aryl methyl sites for hydroxylation is 1. The van der Waals surface area contributed by atoms with Crippen LogP contribution >= 0.6 is 0 Å². The zero-order valence-corrected chi connectivity index (χ0v) is 13.4. The first-order valence-electron chi connectivity index (χ1n) is 8.24. The zero-order valence-electron chi connectivity index (χ0n) is 13.4. The highest BCUT2D eigenvalue weighted by Gasteiger charge is 2.19. The van der Waals surface area contributed by atoms with Crippen molar-refractivity contribution in [2.45, 2.75) is 51.7 Å². The van der Waals surface area contributed by atoms with E-state index in [1.165, 1.54) is 30.0 Å². The van der Waals surface area contributed by atoms with Crippen molar-refractivity contribution in [1.29, 1.82) is 5.26 Å². The third-order valence-electron chi connectivity index (χ3n) is 4.30. The van der Waals surface area contributed by atoms with E-state index in [2.05, 4.69) is 37.3 Å². The minimum Gasteiger partial charge on any atom is -0.374 e. The Labute approximate surface area is 134 Å². The molecule has 0 aromatic heterocycles. The van der Waals surface area contributed by atoms with E-state index in [0.717, 1.165) is 25.9 Å². The van der Waals surface area contributed by atoms with Gasteiger partial charge in [0.25, 0.3) is 0 Å². The van der Waals surface area contributed by atoms with Gasteiger partial charge in [0.1, 0.15) is 0 Å². The fourth-order valence-corrected chi connectivity index (χ4v) is 2.85. The van der Waals surface area contributed by atoms with Gasteiger partial charge in [-0.1, -0.05) is 49.4 Å². The number of ether oxygens (including phenoxy) is 1. The molecule has 0 saturated heterocycles. The van der Waals surface area contributed by atoms with Crippen molar-refractivity contribution in [3.05, 3.63) is 59.7 Å². The highest BCUT2D eigenvalue weighted by atomic mass is 16.5. The predicted octanol–water partition coefficient (Wildman–Crippen LogP) is 4.96. The minimum atomic E-state index is 0.394. The first-order chi connectivity index (χ1) is 10.8. The standard InChI is InChI=1S/C20H25NO/c1-2-17-7-9-19(10-8-17)16-22-20-13-11-18(12-14-20)6-4-3-5-15-21/h3-10,18,20H,2,11-14,16H2,1H3/b5-3+,6-4+/t18-,20-. The lowest BCUT2D eigenvalue weighted by atomic mass is 9.87. The van der Waals surface area contributed by atoms with Crippen LogP contribution in [0.5, 0.6) is 0 Å². The van der Waals surface area contributed by atoms with Gasteiger partial charge in [0.15, 0.2) is 0 Å². The first-order valence-corrected chi connectivity index (χ1v) is 8.24. The molecule has 22 heavy (non-hydrogen) atoms. The molecule has 2 heteroatoms. The molecule has 0 bridgehead atoms. The molecule has 0 amide bonds. The van der Waals surface area contributed by atoms with Crippen LogP contribution in [0.25, 0.3) is 0 Å². The Hall–Kier alpha value is -1.85. The molecule has 0 unspecified atom stereocenters. The van der Waals surface area contributed by atoms with Gasteiger partial charge < -0.3 is 4.74 Å². The third-order valence-corrected chi connectivity index (χ3v) is 4.30. The molecule has 116 valence electrons. The Morgan fingerprint density at radius 1 is 1.09 bits per heavy atom. The molecule has 0 N–H and O–H groups in total. The Balaban J connectivity index is 1.70. The summed E-state index contributed by atoms with van der Waals surface area (Å²) in [6, 6.07) is 10.7. The van der Waals surface area contributed by atoms with Crippen molar-refractivity contribution in [2.75, 3.05) is 0 Å². The second-order valence-electron chi connectivity index (χ2n) is 5.89.